The minimum atomic E-state index is -2.75. The second kappa shape index (κ2) is 12.8. The van der Waals surface area contributed by atoms with E-state index in [0.29, 0.717) is 12.3 Å². The molecule has 0 aliphatic heterocycles. The summed E-state index contributed by atoms with van der Waals surface area (Å²) in [7, 11) is 1.18. The van der Waals surface area contributed by atoms with E-state index in [-0.39, 0.29) is 34.2 Å². The summed E-state index contributed by atoms with van der Waals surface area (Å²) in [4.78, 5) is 23.5. The van der Waals surface area contributed by atoms with Crippen LogP contribution in [0.15, 0.2) is 60.7 Å². The van der Waals surface area contributed by atoms with Gasteiger partial charge in [-0.2, -0.15) is 0 Å². The maximum Gasteiger partial charge on any atom is 0.340 e. The van der Waals surface area contributed by atoms with Crippen molar-refractivity contribution in [3.63, 3.8) is 0 Å². The van der Waals surface area contributed by atoms with Gasteiger partial charge in [-0.15, -0.1) is 0 Å². The Kier molecular flexibility index (Phi) is 9.58. The van der Waals surface area contributed by atoms with Gasteiger partial charge in [0, 0.05) is 12.1 Å². The largest absolute Gasteiger partial charge is 0.755 e. The van der Waals surface area contributed by atoms with E-state index >= 15 is 0 Å². The standard InChI is InChI=1S/C26H28N2O8S/c1-4-5-6-15-35-25-17-21(12-14-24(25)28(30)31)36-20-11-13-23(22(16-20)26(29)34-3)27(37(32)33)19-9-7-18(2)8-10-19/h7-14,16-17H,4-6,15H2,1-3H3,(H,32,33)/p-1. The summed E-state index contributed by atoms with van der Waals surface area (Å²) in [6.07, 6.45) is 2.66. The van der Waals surface area contributed by atoms with Crippen LogP contribution in [0.25, 0.3) is 0 Å². The molecule has 0 amide bonds. The zero-order valence-corrected chi connectivity index (χ0v) is 21.5. The molecule has 0 spiro atoms. The van der Waals surface area contributed by atoms with Crippen LogP contribution in [0.2, 0.25) is 0 Å². The number of anilines is 2. The Morgan fingerprint density at radius 3 is 2.32 bits per heavy atom. The van der Waals surface area contributed by atoms with Gasteiger partial charge in [0.2, 0.25) is 5.75 Å². The number of carbonyl (C=O) groups excluding carboxylic acids is 1. The number of carbonyl (C=O) groups is 1. The number of ether oxygens (including phenoxy) is 3. The minimum Gasteiger partial charge on any atom is -0.755 e. The van der Waals surface area contributed by atoms with Crippen molar-refractivity contribution in [1.82, 2.24) is 0 Å². The average Bonchev–Trinajstić information content (AvgIpc) is 2.88. The van der Waals surface area contributed by atoms with E-state index < -0.39 is 22.2 Å². The second-order valence-corrected chi connectivity index (χ2v) is 8.86. The van der Waals surface area contributed by atoms with Crippen LogP contribution in [0, 0.1) is 17.0 Å². The highest BCUT2D eigenvalue weighted by molar-refractivity contribution is 7.81. The van der Waals surface area contributed by atoms with Gasteiger partial charge in [0.25, 0.3) is 0 Å². The molecule has 3 aromatic rings. The number of methoxy groups -OCH3 is 1. The number of aryl methyl sites for hydroxylation is 1. The molecular weight excluding hydrogens is 500 g/mol. The topological polar surface area (TPSA) is 131 Å². The van der Waals surface area contributed by atoms with Crippen LogP contribution in [0.1, 0.15) is 42.1 Å². The molecule has 196 valence electrons. The molecule has 11 heteroatoms. The number of esters is 1. The van der Waals surface area contributed by atoms with Crippen molar-refractivity contribution in [2.24, 2.45) is 0 Å². The van der Waals surface area contributed by atoms with Crippen LogP contribution in [0.3, 0.4) is 0 Å². The molecule has 1 unspecified atom stereocenters. The van der Waals surface area contributed by atoms with E-state index in [1.54, 1.807) is 24.3 Å². The number of hydrogen-bond acceptors (Lipinski definition) is 8. The van der Waals surface area contributed by atoms with E-state index in [1.165, 1.54) is 43.5 Å². The van der Waals surface area contributed by atoms with Gasteiger partial charge in [-0.25, -0.2) is 4.79 Å². The van der Waals surface area contributed by atoms with Crippen LogP contribution < -0.4 is 13.8 Å². The summed E-state index contributed by atoms with van der Waals surface area (Å²) in [6, 6.07) is 15.1. The molecular formula is C26H27N2O8S-. The summed E-state index contributed by atoms with van der Waals surface area (Å²) in [5.74, 6) is -0.278. The first-order valence-corrected chi connectivity index (χ1v) is 12.6. The molecule has 10 nitrogen and oxygen atoms in total. The van der Waals surface area contributed by atoms with Gasteiger partial charge in [-0.05, 0) is 49.7 Å². The van der Waals surface area contributed by atoms with Crippen molar-refractivity contribution >= 4 is 34.3 Å². The number of benzene rings is 3. The van der Waals surface area contributed by atoms with Crippen molar-refractivity contribution in [3.8, 4) is 17.2 Å². The highest BCUT2D eigenvalue weighted by Crippen LogP contribution is 2.37. The predicted octanol–water partition coefficient (Wildman–Crippen LogP) is 5.98. The molecule has 0 aliphatic rings. The van der Waals surface area contributed by atoms with E-state index in [1.807, 2.05) is 13.8 Å². The Morgan fingerprint density at radius 1 is 1.03 bits per heavy atom. The molecule has 3 rings (SSSR count). The molecule has 0 radical (unpaired) electrons. The van der Waals surface area contributed by atoms with Gasteiger partial charge in [0.1, 0.15) is 11.5 Å². The van der Waals surface area contributed by atoms with E-state index in [0.717, 1.165) is 29.1 Å². The molecule has 37 heavy (non-hydrogen) atoms. The maximum absolute atomic E-state index is 12.6. The fraction of sp³-hybridized carbons (Fsp3) is 0.269. The van der Waals surface area contributed by atoms with Crippen LogP contribution >= 0.6 is 0 Å². The molecule has 0 heterocycles. The number of hydrogen-bond donors (Lipinski definition) is 0. The highest BCUT2D eigenvalue weighted by atomic mass is 32.2. The monoisotopic (exact) mass is 527 g/mol. The number of nitro benzene ring substituents is 1. The quantitative estimate of drug-likeness (QED) is 0.0923. The Bertz CT molecular complexity index is 1280. The summed E-state index contributed by atoms with van der Waals surface area (Å²) in [5, 5.41) is 11.4. The number of nitrogens with zero attached hydrogens (tertiary/aromatic N) is 2. The van der Waals surface area contributed by atoms with Crippen molar-refractivity contribution < 1.29 is 32.7 Å². The van der Waals surface area contributed by atoms with Gasteiger partial charge in [-0.3, -0.25) is 18.6 Å². The zero-order valence-electron chi connectivity index (χ0n) is 20.7. The lowest BCUT2D eigenvalue weighted by Gasteiger charge is -2.28. The van der Waals surface area contributed by atoms with E-state index in [9.17, 15) is 23.7 Å². The third kappa shape index (κ3) is 7.05. The molecule has 0 bridgehead atoms. The fourth-order valence-corrected chi connectivity index (χ4v) is 4.12. The molecule has 0 fully saturated rings. The van der Waals surface area contributed by atoms with Crippen molar-refractivity contribution in [1.29, 1.82) is 0 Å². The molecule has 3 aromatic carbocycles. The summed E-state index contributed by atoms with van der Waals surface area (Å²) < 4.78 is 41.6. The van der Waals surface area contributed by atoms with Crippen molar-refractivity contribution in [2.45, 2.75) is 33.1 Å². The van der Waals surface area contributed by atoms with Crippen LogP contribution in [-0.2, 0) is 16.0 Å². The van der Waals surface area contributed by atoms with Gasteiger partial charge in [0.05, 0.1) is 46.8 Å². The van der Waals surface area contributed by atoms with Gasteiger partial charge in [0.15, 0.2) is 0 Å². The maximum atomic E-state index is 12.6. The SMILES string of the molecule is CCCCCOc1cc(Oc2ccc(N(c3ccc(C)cc3)S(=O)[O-])c(C(=O)OC)c2)ccc1[N+](=O)[O-]. The van der Waals surface area contributed by atoms with Crippen LogP contribution in [0.5, 0.6) is 17.2 Å². The first-order valence-electron chi connectivity index (χ1n) is 11.5. The highest BCUT2D eigenvalue weighted by Gasteiger charge is 2.22. The number of nitro groups is 1. The van der Waals surface area contributed by atoms with Crippen LogP contribution in [-0.4, -0.2) is 33.4 Å². The lowest BCUT2D eigenvalue weighted by Crippen LogP contribution is -2.22. The Hall–Kier alpha value is -3.96. The van der Waals surface area contributed by atoms with Crippen LogP contribution in [0.4, 0.5) is 17.1 Å². The number of unbranched alkanes of at least 4 members (excludes halogenated alkanes) is 2. The normalized spacial score (nSPS) is 11.5. The third-order valence-corrected chi connectivity index (χ3v) is 6.08. The van der Waals surface area contributed by atoms with E-state index in [2.05, 4.69) is 0 Å². The van der Waals surface area contributed by atoms with Gasteiger partial charge in [-0.1, -0.05) is 37.5 Å². The fourth-order valence-electron chi connectivity index (χ4n) is 3.51. The summed E-state index contributed by atoms with van der Waals surface area (Å²) in [5.41, 5.74) is 1.09. The molecule has 0 aromatic heterocycles. The Balaban J connectivity index is 1.96. The molecule has 0 saturated heterocycles. The minimum absolute atomic E-state index is 0.0530. The van der Waals surface area contributed by atoms with Crippen molar-refractivity contribution in [3.05, 3.63) is 81.9 Å². The lowest BCUT2D eigenvalue weighted by molar-refractivity contribution is -0.385. The smallest absolute Gasteiger partial charge is 0.340 e. The van der Waals surface area contributed by atoms with Gasteiger partial charge >= 0.3 is 11.7 Å². The molecule has 0 saturated carbocycles. The molecule has 1 atom stereocenters. The third-order valence-electron chi connectivity index (χ3n) is 5.38. The second-order valence-electron chi connectivity index (χ2n) is 8.06. The van der Waals surface area contributed by atoms with Gasteiger partial charge < -0.3 is 18.8 Å². The average molecular weight is 528 g/mol. The number of rotatable bonds is 12. The Morgan fingerprint density at radius 2 is 1.70 bits per heavy atom. The van der Waals surface area contributed by atoms with E-state index in [4.69, 9.17) is 14.2 Å². The summed E-state index contributed by atoms with van der Waals surface area (Å²) in [6.45, 7) is 4.23. The lowest BCUT2D eigenvalue weighted by atomic mass is 10.1. The zero-order chi connectivity index (χ0) is 26.9. The Labute approximate surface area is 217 Å². The first-order chi connectivity index (χ1) is 17.7. The predicted molar refractivity (Wildman–Crippen MR) is 138 cm³/mol. The summed E-state index contributed by atoms with van der Waals surface area (Å²) >= 11 is -2.75. The molecule has 0 N–H and O–H groups in total. The molecule has 0 aliphatic carbocycles. The first kappa shape index (κ1) is 27.6. The van der Waals surface area contributed by atoms with Crippen molar-refractivity contribution in [2.75, 3.05) is 18.0 Å².